The van der Waals surface area contributed by atoms with Crippen LogP contribution in [0.3, 0.4) is 0 Å². The van der Waals surface area contributed by atoms with E-state index in [0.29, 0.717) is 28.8 Å². The van der Waals surface area contributed by atoms with Crippen LogP contribution in [-0.4, -0.2) is 94.1 Å². The van der Waals surface area contributed by atoms with Crippen molar-refractivity contribution in [2.45, 2.75) is 76.2 Å². The smallest absolute Gasteiger partial charge is 0.297 e. The Labute approximate surface area is 284 Å². The Balaban J connectivity index is 1.46. The molecule has 0 saturated carbocycles. The van der Waals surface area contributed by atoms with Gasteiger partial charge < -0.3 is 59.1 Å². The van der Waals surface area contributed by atoms with Crippen molar-refractivity contribution in [1.82, 2.24) is 4.57 Å². The van der Waals surface area contributed by atoms with E-state index in [4.69, 9.17) is 23.7 Å². The van der Waals surface area contributed by atoms with Gasteiger partial charge in [0.1, 0.15) is 24.4 Å². The lowest BCUT2D eigenvalue weighted by molar-refractivity contribution is -0.277. The zero-order valence-corrected chi connectivity index (χ0v) is 28.1. The topological polar surface area (TPSA) is 198 Å². The molecule has 1 aromatic heterocycles. The monoisotopic (exact) mass is 686 g/mol. The van der Waals surface area contributed by atoms with Gasteiger partial charge in [-0.3, -0.25) is 9.59 Å². The fraction of sp³-hybridized carbons (Fsp3) is 0.486. The van der Waals surface area contributed by atoms with Crippen molar-refractivity contribution in [1.29, 1.82) is 0 Å². The summed E-state index contributed by atoms with van der Waals surface area (Å²) in [5.41, 5.74) is 0.780. The summed E-state index contributed by atoms with van der Waals surface area (Å²) >= 11 is 0. The summed E-state index contributed by atoms with van der Waals surface area (Å²) in [6.45, 7) is 1.86. The molecule has 49 heavy (non-hydrogen) atoms. The van der Waals surface area contributed by atoms with Gasteiger partial charge >= 0.3 is 0 Å². The van der Waals surface area contributed by atoms with Gasteiger partial charge in [0.05, 0.1) is 33.0 Å². The molecule has 1 aliphatic heterocycles. The molecule has 0 radical (unpaired) electrons. The van der Waals surface area contributed by atoms with E-state index in [-0.39, 0.29) is 28.7 Å². The van der Waals surface area contributed by atoms with Gasteiger partial charge in [0.2, 0.25) is 23.7 Å². The second-order valence-corrected chi connectivity index (χ2v) is 11.8. The fourth-order valence-electron chi connectivity index (χ4n) is 5.51. The van der Waals surface area contributed by atoms with Crippen LogP contribution in [0, 0.1) is 0 Å². The van der Waals surface area contributed by atoms with Crippen LogP contribution in [0.15, 0.2) is 41.2 Å². The number of hydrogen-bond donors (Lipinski definition) is 6. The number of rotatable bonds is 16. The Morgan fingerprint density at radius 3 is 2.29 bits per heavy atom. The first-order valence-electron chi connectivity index (χ1n) is 16.2. The number of pyridine rings is 1. The van der Waals surface area contributed by atoms with Gasteiger partial charge in [-0.05, 0) is 48.4 Å². The predicted octanol–water partition coefficient (Wildman–Crippen LogP) is 2.83. The third-order valence-electron chi connectivity index (χ3n) is 8.33. The average Bonchev–Trinajstić information content (AvgIpc) is 3.10. The van der Waals surface area contributed by atoms with E-state index < -0.39 is 48.8 Å². The quantitative estimate of drug-likeness (QED) is 0.0953. The summed E-state index contributed by atoms with van der Waals surface area (Å²) in [5.74, 6) is -0.546. The van der Waals surface area contributed by atoms with Crippen molar-refractivity contribution in [3.8, 4) is 28.7 Å². The number of benzene rings is 2. The second kappa shape index (κ2) is 17.4. The third-order valence-corrected chi connectivity index (χ3v) is 8.33. The molecule has 14 heteroatoms. The lowest BCUT2D eigenvalue weighted by Crippen LogP contribution is -2.60. The number of aromatic nitrogens is 1. The van der Waals surface area contributed by atoms with Gasteiger partial charge in [-0.15, -0.1) is 0 Å². The normalized spacial score (nSPS) is 20.8. The van der Waals surface area contributed by atoms with Crippen molar-refractivity contribution < 1.29 is 54.0 Å². The summed E-state index contributed by atoms with van der Waals surface area (Å²) in [6, 6.07) is 7.85. The van der Waals surface area contributed by atoms with E-state index in [1.807, 2.05) is 0 Å². The van der Waals surface area contributed by atoms with Crippen LogP contribution < -0.4 is 29.8 Å². The number of hydrogen-bond acceptors (Lipinski definition) is 12. The average molecular weight is 687 g/mol. The zero-order chi connectivity index (χ0) is 35.7. The first-order chi connectivity index (χ1) is 23.5. The molecule has 5 atom stereocenters. The van der Waals surface area contributed by atoms with Gasteiger partial charge in [-0.25, -0.2) is 0 Å². The number of ether oxygens (including phenoxy) is 5. The molecule has 1 aliphatic rings. The van der Waals surface area contributed by atoms with Gasteiger partial charge in [-0.2, -0.15) is 0 Å². The molecule has 6 N–H and O–H groups in total. The summed E-state index contributed by atoms with van der Waals surface area (Å²) in [6.07, 6.45) is 1.65. The Morgan fingerprint density at radius 2 is 1.63 bits per heavy atom. The first kappa shape index (κ1) is 37.5. The van der Waals surface area contributed by atoms with E-state index in [9.17, 15) is 35.1 Å². The minimum absolute atomic E-state index is 0.0110. The second-order valence-electron chi connectivity index (χ2n) is 11.8. The molecule has 14 nitrogen and oxygen atoms in total. The van der Waals surface area contributed by atoms with E-state index >= 15 is 0 Å². The molecule has 2 heterocycles. The molecule has 1 fully saturated rings. The van der Waals surface area contributed by atoms with E-state index in [1.54, 1.807) is 25.2 Å². The Kier molecular flexibility index (Phi) is 13.3. The van der Waals surface area contributed by atoms with Crippen molar-refractivity contribution in [2.24, 2.45) is 7.05 Å². The lowest BCUT2D eigenvalue weighted by Gasteiger charge is -2.39. The summed E-state index contributed by atoms with van der Waals surface area (Å²) in [7, 11) is 4.30. The summed E-state index contributed by atoms with van der Waals surface area (Å²) < 4.78 is 29.2. The minimum atomic E-state index is -1.65. The standard InChI is InChI=1S/C35H46N2O12/c1-5-6-7-8-9-10-15-47-33-28(40)22-13-12-21(18-23(22)37(2)34(33)44)36-27(39)14-11-20-16-24(45-3)32(25(17-20)46-4)49-35-31(43)30(42)29(41)26(19-38)48-35/h11-14,16-18,26,29-31,35,38,40-43H,5-10,15,19H2,1-4H3,(H,36,39)/b14-11+/t26-,29-,30+,31+,35+/m1/s1. The zero-order valence-electron chi connectivity index (χ0n) is 28.1. The van der Waals surface area contributed by atoms with Gasteiger partial charge in [0, 0.05) is 24.2 Å². The molecule has 3 aromatic rings. The Morgan fingerprint density at radius 1 is 0.959 bits per heavy atom. The van der Waals surface area contributed by atoms with Crippen molar-refractivity contribution >= 4 is 28.6 Å². The number of unbranched alkanes of at least 4 members (excludes halogenated alkanes) is 5. The first-order valence-corrected chi connectivity index (χ1v) is 16.2. The number of aliphatic hydroxyl groups is 4. The maximum atomic E-state index is 13.0. The van der Waals surface area contributed by atoms with Crippen LogP contribution in [0.25, 0.3) is 17.0 Å². The number of nitrogens with zero attached hydrogens (tertiary/aromatic N) is 1. The van der Waals surface area contributed by atoms with E-state index in [2.05, 4.69) is 12.2 Å². The molecule has 2 aromatic carbocycles. The number of methoxy groups -OCH3 is 2. The van der Waals surface area contributed by atoms with Crippen molar-refractivity contribution in [2.75, 3.05) is 32.8 Å². The molecule has 268 valence electrons. The fourth-order valence-corrected chi connectivity index (χ4v) is 5.51. The van der Waals surface area contributed by atoms with Crippen LogP contribution in [0.4, 0.5) is 5.69 Å². The number of anilines is 1. The molecule has 0 bridgehead atoms. The number of fused-ring (bicyclic) bond motifs is 1. The molecular weight excluding hydrogens is 640 g/mol. The minimum Gasteiger partial charge on any atom is -0.504 e. The van der Waals surface area contributed by atoms with Gasteiger partial charge in [0.15, 0.2) is 17.2 Å². The number of aromatic hydroxyl groups is 1. The summed E-state index contributed by atoms with van der Waals surface area (Å²) in [5, 5.41) is 54.1. The Hall–Kier alpha value is -4.34. The van der Waals surface area contributed by atoms with Crippen molar-refractivity contribution in [3.05, 3.63) is 52.3 Å². The Bertz CT molecular complexity index is 1650. The van der Waals surface area contributed by atoms with Crippen LogP contribution in [0.1, 0.15) is 51.0 Å². The molecule has 0 unspecified atom stereocenters. The highest BCUT2D eigenvalue weighted by Crippen LogP contribution is 2.41. The highest BCUT2D eigenvalue weighted by atomic mass is 16.7. The van der Waals surface area contributed by atoms with Crippen LogP contribution in [-0.2, 0) is 16.6 Å². The lowest BCUT2D eigenvalue weighted by atomic mass is 9.99. The largest absolute Gasteiger partial charge is 0.504 e. The number of nitrogens with one attached hydrogen (secondary N) is 1. The SMILES string of the molecule is CCCCCCCCOc1c(O)c2ccc(NC(=O)/C=C/c3cc(OC)c(O[C@@H]4O[C@H](CO)[C@@H](O)[C@H](O)[C@@H]4O)c(OC)c3)cc2n(C)c1=O. The number of aryl methyl sites for hydroxylation is 1. The highest BCUT2D eigenvalue weighted by Gasteiger charge is 2.45. The van der Waals surface area contributed by atoms with Gasteiger partial charge in [-0.1, -0.05) is 39.0 Å². The molecular formula is C35H46N2O12. The van der Waals surface area contributed by atoms with E-state index in [1.165, 1.54) is 49.5 Å². The number of amides is 1. The van der Waals surface area contributed by atoms with E-state index in [0.717, 1.165) is 32.1 Å². The maximum absolute atomic E-state index is 13.0. The maximum Gasteiger partial charge on any atom is 0.297 e. The van der Waals surface area contributed by atoms with Crippen LogP contribution in [0.2, 0.25) is 0 Å². The van der Waals surface area contributed by atoms with Gasteiger partial charge in [0.25, 0.3) is 5.56 Å². The molecule has 4 rings (SSSR count). The number of carbonyl (C=O) groups is 1. The molecule has 1 saturated heterocycles. The number of aliphatic hydroxyl groups excluding tert-OH is 4. The van der Waals surface area contributed by atoms with Crippen molar-refractivity contribution in [3.63, 3.8) is 0 Å². The third kappa shape index (κ3) is 8.83. The number of carbonyl (C=O) groups excluding carboxylic acids is 1. The highest BCUT2D eigenvalue weighted by molar-refractivity contribution is 6.03. The molecule has 0 aliphatic carbocycles. The van der Waals surface area contributed by atoms with Crippen LogP contribution >= 0.6 is 0 Å². The molecule has 0 spiro atoms. The van der Waals surface area contributed by atoms with Crippen LogP contribution in [0.5, 0.6) is 28.7 Å². The molecule has 1 amide bonds. The predicted molar refractivity (Wildman–Crippen MR) is 181 cm³/mol. The summed E-state index contributed by atoms with van der Waals surface area (Å²) in [4.78, 5) is 25.9.